The fourth-order valence-corrected chi connectivity index (χ4v) is 3.27. The first kappa shape index (κ1) is 15.5. The van der Waals surface area contributed by atoms with Crippen LogP contribution in [0.25, 0.3) is 44.7 Å². The predicted octanol–water partition coefficient (Wildman–Crippen LogP) is 6.22. The Balaban J connectivity index is 1.56. The lowest BCUT2D eigenvalue weighted by molar-refractivity contribution is 0.631. The van der Waals surface area contributed by atoms with Crippen molar-refractivity contribution in [2.45, 2.75) is 0 Å². The summed E-state index contributed by atoms with van der Waals surface area (Å²) < 4.78 is 5.99. The minimum Gasteiger partial charge on any atom is -0.456 e. The van der Waals surface area contributed by atoms with Crippen LogP contribution in [-0.2, 0) is 0 Å². The minimum absolute atomic E-state index is 0.831. The Labute approximate surface area is 157 Å². The fourth-order valence-electron chi connectivity index (χ4n) is 3.27. The van der Waals surface area contributed by atoms with Crippen LogP contribution in [0.2, 0.25) is 0 Å². The van der Waals surface area contributed by atoms with Gasteiger partial charge in [-0.25, -0.2) is 0 Å². The summed E-state index contributed by atoms with van der Waals surface area (Å²) in [6.07, 6.45) is 5.40. The summed E-state index contributed by atoms with van der Waals surface area (Å²) in [4.78, 5) is 8.62. The lowest BCUT2D eigenvalue weighted by atomic mass is 10.0. The van der Waals surface area contributed by atoms with E-state index in [0.29, 0.717) is 0 Å². The third-order valence-electron chi connectivity index (χ3n) is 4.62. The molecule has 0 aliphatic rings. The van der Waals surface area contributed by atoms with Gasteiger partial charge in [0.05, 0.1) is 5.69 Å². The molecule has 0 radical (unpaired) electrons. The number of fused-ring (bicyclic) bond motifs is 1. The summed E-state index contributed by atoms with van der Waals surface area (Å²) in [5, 5.41) is 1.08. The fraction of sp³-hybridized carbons (Fsp3) is 0. The van der Waals surface area contributed by atoms with Gasteiger partial charge in [-0.05, 0) is 59.7 Å². The molecule has 0 bridgehead atoms. The molecular weight excluding hydrogens is 332 g/mol. The van der Waals surface area contributed by atoms with E-state index in [9.17, 15) is 0 Å². The predicted molar refractivity (Wildman–Crippen MR) is 108 cm³/mol. The molecule has 27 heavy (non-hydrogen) atoms. The van der Waals surface area contributed by atoms with Gasteiger partial charge in [-0.2, -0.15) is 0 Å². The normalized spacial score (nSPS) is 11.0. The Morgan fingerprint density at radius 1 is 0.630 bits per heavy atom. The molecule has 5 rings (SSSR count). The molecule has 0 fully saturated rings. The van der Waals surface area contributed by atoms with E-state index in [1.165, 1.54) is 0 Å². The molecule has 0 aliphatic carbocycles. The van der Waals surface area contributed by atoms with Gasteiger partial charge in [0.1, 0.15) is 11.3 Å². The van der Waals surface area contributed by atoms with Gasteiger partial charge >= 0.3 is 0 Å². The van der Waals surface area contributed by atoms with Gasteiger partial charge < -0.3 is 4.42 Å². The maximum atomic E-state index is 5.99. The number of rotatable bonds is 3. The molecule has 0 aliphatic heterocycles. The zero-order valence-electron chi connectivity index (χ0n) is 14.5. The van der Waals surface area contributed by atoms with Crippen molar-refractivity contribution >= 4 is 11.0 Å². The van der Waals surface area contributed by atoms with Crippen molar-refractivity contribution in [3.8, 4) is 33.7 Å². The molecule has 5 aromatic rings. The second-order valence-electron chi connectivity index (χ2n) is 6.40. The van der Waals surface area contributed by atoms with Crippen LogP contribution >= 0.6 is 0 Å². The second-order valence-corrected chi connectivity index (χ2v) is 6.40. The largest absolute Gasteiger partial charge is 0.456 e. The van der Waals surface area contributed by atoms with E-state index in [4.69, 9.17) is 4.42 Å². The number of hydrogen-bond acceptors (Lipinski definition) is 3. The summed E-state index contributed by atoms with van der Waals surface area (Å²) >= 11 is 0. The van der Waals surface area contributed by atoms with Crippen molar-refractivity contribution in [2.24, 2.45) is 0 Å². The Morgan fingerprint density at radius 2 is 1.52 bits per heavy atom. The van der Waals surface area contributed by atoms with Gasteiger partial charge in [-0.3, -0.25) is 9.97 Å². The molecule has 0 saturated heterocycles. The molecular formula is C24H16N2O. The third kappa shape index (κ3) is 3.00. The van der Waals surface area contributed by atoms with Gasteiger partial charge in [0, 0.05) is 35.1 Å². The highest BCUT2D eigenvalue weighted by Gasteiger charge is 2.08. The molecule has 3 heteroatoms. The lowest BCUT2D eigenvalue weighted by Gasteiger charge is -2.05. The van der Waals surface area contributed by atoms with Gasteiger partial charge in [0.15, 0.2) is 0 Å². The van der Waals surface area contributed by atoms with Crippen molar-refractivity contribution in [1.29, 1.82) is 0 Å². The second kappa shape index (κ2) is 6.54. The first-order valence-electron chi connectivity index (χ1n) is 8.83. The quantitative estimate of drug-likeness (QED) is 0.388. The lowest BCUT2D eigenvalue weighted by Crippen LogP contribution is -1.83. The number of nitrogens with zero attached hydrogens (tertiary/aromatic N) is 2. The van der Waals surface area contributed by atoms with Crippen LogP contribution < -0.4 is 0 Å². The summed E-state index contributed by atoms with van der Waals surface area (Å²) in [6, 6.07) is 26.7. The average Bonchev–Trinajstić information content (AvgIpc) is 3.19. The maximum Gasteiger partial charge on any atom is 0.136 e. The summed E-state index contributed by atoms with van der Waals surface area (Å²) in [5.74, 6) is 0.831. The molecule has 128 valence electrons. The van der Waals surface area contributed by atoms with Gasteiger partial charge in [0.25, 0.3) is 0 Å². The number of furan rings is 1. The van der Waals surface area contributed by atoms with Crippen LogP contribution in [0.1, 0.15) is 0 Å². The Hall–Kier alpha value is -3.72. The van der Waals surface area contributed by atoms with Crippen LogP contribution in [0, 0.1) is 0 Å². The molecule has 0 N–H and O–H groups in total. The van der Waals surface area contributed by atoms with E-state index in [-0.39, 0.29) is 0 Å². The molecule has 0 unspecified atom stereocenters. The zero-order chi connectivity index (χ0) is 18.1. The van der Waals surface area contributed by atoms with Crippen LogP contribution in [0.4, 0.5) is 0 Å². The van der Waals surface area contributed by atoms with Crippen LogP contribution in [0.5, 0.6) is 0 Å². The summed E-state index contributed by atoms with van der Waals surface area (Å²) in [6.45, 7) is 0. The van der Waals surface area contributed by atoms with Gasteiger partial charge in [-0.15, -0.1) is 0 Å². The molecule has 3 heterocycles. The van der Waals surface area contributed by atoms with E-state index >= 15 is 0 Å². The molecule has 3 nitrogen and oxygen atoms in total. The van der Waals surface area contributed by atoms with E-state index in [1.54, 1.807) is 6.20 Å². The first-order chi connectivity index (χ1) is 13.4. The average molecular weight is 348 g/mol. The number of aromatic nitrogens is 2. The van der Waals surface area contributed by atoms with Gasteiger partial charge in [0.2, 0.25) is 0 Å². The SMILES string of the molecule is c1ccc(-c2cccc(-c3ccc4oc(-c5cccnc5)cc4c3)c2)nc1. The highest BCUT2D eigenvalue weighted by molar-refractivity contribution is 5.87. The van der Waals surface area contributed by atoms with Crippen LogP contribution in [0.3, 0.4) is 0 Å². The number of hydrogen-bond donors (Lipinski definition) is 0. The number of pyridine rings is 2. The van der Waals surface area contributed by atoms with Crippen molar-refractivity contribution < 1.29 is 4.42 Å². The van der Waals surface area contributed by atoms with E-state index in [1.807, 2.05) is 48.8 Å². The third-order valence-corrected chi connectivity index (χ3v) is 4.62. The number of benzene rings is 2. The minimum atomic E-state index is 0.831. The van der Waals surface area contributed by atoms with Crippen molar-refractivity contribution in [2.75, 3.05) is 0 Å². The van der Waals surface area contributed by atoms with Crippen molar-refractivity contribution in [1.82, 2.24) is 9.97 Å². The monoisotopic (exact) mass is 348 g/mol. The Morgan fingerprint density at radius 3 is 2.37 bits per heavy atom. The Kier molecular flexibility index (Phi) is 3.76. The summed E-state index contributed by atoms with van der Waals surface area (Å²) in [5.41, 5.74) is 6.24. The van der Waals surface area contributed by atoms with Gasteiger partial charge in [-0.1, -0.05) is 30.3 Å². The van der Waals surface area contributed by atoms with Crippen molar-refractivity contribution in [3.05, 3.63) is 97.5 Å². The highest BCUT2D eigenvalue weighted by Crippen LogP contribution is 2.32. The van der Waals surface area contributed by atoms with E-state index in [0.717, 1.165) is 44.7 Å². The summed E-state index contributed by atoms with van der Waals surface area (Å²) in [7, 11) is 0. The van der Waals surface area contributed by atoms with E-state index in [2.05, 4.69) is 52.4 Å². The molecule has 0 spiro atoms. The topological polar surface area (TPSA) is 38.9 Å². The first-order valence-corrected chi connectivity index (χ1v) is 8.83. The van der Waals surface area contributed by atoms with Crippen molar-refractivity contribution in [3.63, 3.8) is 0 Å². The molecule has 2 aromatic carbocycles. The van der Waals surface area contributed by atoms with Crippen LogP contribution in [-0.4, -0.2) is 9.97 Å². The molecule has 0 saturated carbocycles. The van der Waals surface area contributed by atoms with Crippen LogP contribution in [0.15, 0.2) is 102 Å². The highest BCUT2D eigenvalue weighted by atomic mass is 16.3. The standard InChI is InChI=1S/C24H16N2O/c1-2-12-26-22(8-1)19-6-3-5-17(13-19)18-9-10-23-21(14-18)15-24(27-23)20-7-4-11-25-16-20/h1-16H. The van der Waals surface area contributed by atoms with E-state index < -0.39 is 0 Å². The molecule has 0 amide bonds. The zero-order valence-corrected chi connectivity index (χ0v) is 14.5. The molecule has 0 atom stereocenters. The smallest absolute Gasteiger partial charge is 0.136 e. The Bertz CT molecular complexity index is 1210. The molecule has 3 aromatic heterocycles. The maximum absolute atomic E-state index is 5.99.